The molecule has 0 aromatic heterocycles. The highest BCUT2D eigenvalue weighted by Gasteiger charge is 2.29. The van der Waals surface area contributed by atoms with E-state index in [-0.39, 0.29) is 18.3 Å². The summed E-state index contributed by atoms with van der Waals surface area (Å²) in [6.07, 6.45) is 3.03. The molecule has 0 aliphatic heterocycles. The quantitative estimate of drug-likeness (QED) is 0.664. The normalized spacial score (nSPS) is 20.8. The molecule has 0 spiro atoms. The third-order valence-electron chi connectivity index (χ3n) is 4.42. The molecule has 0 atom stereocenters. The van der Waals surface area contributed by atoms with E-state index in [1.165, 1.54) is 19.2 Å². The summed E-state index contributed by atoms with van der Waals surface area (Å²) in [5.41, 5.74) is 0.854. The molecular weight excluding hydrogens is 300 g/mol. The van der Waals surface area contributed by atoms with Crippen molar-refractivity contribution < 1.29 is 19.6 Å². The molecule has 1 aliphatic carbocycles. The van der Waals surface area contributed by atoms with E-state index in [1.54, 1.807) is 17.0 Å². The maximum atomic E-state index is 12.1. The van der Waals surface area contributed by atoms with Gasteiger partial charge in [0.2, 0.25) is 0 Å². The van der Waals surface area contributed by atoms with E-state index in [0.29, 0.717) is 12.5 Å². The number of nitro groups is 1. The molecule has 7 heteroatoms. The predicted molar refractivity (Wildman–Crippen MR) is 83.9 cm³/mol. The molecule has 1 aromatic rings. The lowest BCUT2D eigenvalue weighted by Gasteiger charge is -2.35. The van der Waals surface area contributed by atoms with Crippen LogP contribution >= 0.6 is 0 Å². The molecule has 23 heavy (non-hydrogen) atoms. The van der Waals surface area contributed by atoms with Gasteiger partial charge < -0.3 is 14.7 Å². The van der Waals surface area contributed by atoms with E-state index >= 15 is 0 Å². The Bertz CT molecular complexity index is 538. The van der Waals surface area contributed by atoms with Crippen LogP contribution in [-0.2, 0) is 11.3 Å². The van der Waals surface area contributed by atoms with Gasteiger partial charge in [-0.25, -0.2) is 4.79 Å². The first kappa shape index (κ1) is 17.2. The monoisotopic (exact) mass is 322 g/mol. The van der Waals surface area contributed by atoms with Crippen molar-refractivity contribution in [2.24, 2.45) is 5.92 Å². The van der Waals surface area contributed by atoms with Gasteiger partial charge in [0.05, 0.1) is 12.0 Å². The molecule has 2 rings (SSSR count). The third-order valence-corrected chi connectivity index (χ3v) is 4.42. The number of hydrogen-bond acceptors (Lipinski definition) is 5. The van der Waals surface area contributed by atoms with Gasteiger partial charge >= 0.3 is 6.09 Å². The number of hydrogen-bond donors (Lipinski definition) is 1. The highest BCUT2D eigenvalue weighted by molar-refractivity contribution is 5.68. The Kier molecular flexibility index (Phi) is 5.92. The van der Waals surface area contributed by atoms with Crippen LogP contribution in [0.1, 0.15) is 31.2 Å². The van der Waals surface area contributed by atoms with Crippen LogP contribution < -0.4 is 0 Å². The zero-order valence-electron chi connectivity index (χ0n) is 13.2. The van der Waals surface area contributed by atoms with Gasteiger partial charge in [-0.2, -0.15) is 0 Å². The van der Waals surface area contributed by atoms with Gasteiger partial charge in [0.15, 0.2) is 0 Å². The van der Waals surface area contributed by atoms with E-state index in [1.807, 2.05) is 0 Å². The first-order valence-corrected chi connectivity index (χ1v) is 7.74. The fraction of sp³-hybridized carbons (Fsp3) is 0.562. The number of carbonyl (C=O) groups is 1. The van der Waals surface area contributed by atoms with Gasteiger partial charge in [-0.1, -0.05) is 12.1 Å². The Morgan fingerprint density at radius 3 is 2.39 bits per heavy atom. The Balaban J connectivity index is 2.07. The van der Waals surface area contributed by atoms with Crippen LogP contribution in [0.3, 0.4) is 0 Å². The van der Waals surface area contributed by atoms with Gasteiger partial charge in [-0.05, 0) is 37.2 Å². The van der Waals surface area contributed by atoms with Crippen molar-refractivity contribution in [2.45, 2.75) is 38.3 Å². The first-order valence-electron chi connectivity index (χ1n) is 7.74. The third kappa shape index (κ3) is 4.41. The Hall–Kier alpha value is -2.15. The summed E-state index contributed by atoms with van der Waals surface area (Å²) in [4.78, 5) is 24.0. The average molecular weight is 322 g/mol. The second-order valence-electron chi connectivity index (χ2n) is 5.88. The van der Waals surface area contributed by atoms with Crippen molar-refractivity contribution in [3.05, 3.63) is 39.9 Å². The minimum absolute atomic E-state index is 0.0295. The van der Waals surface area contributed by atoms with Crippen LogP contribution in [0.25, 0.3) is 0 Å². The second-order valence-corrected chi connectivity index (χ2v) is 5.88. The van der Waals surface area contributed by atoms with Gasteiger partial charge in [0, 0.05) is 31.3 Å². The highest BCUT2D eigenvalue weighted by Crippen LogP contribution is 2.29. The van der Waals surface area contributed by atoms with E-state index in [4.69, 9.17) is 4.74 Å². The number of nitro benzene ring substituents is 1. The van der Waals surface area contributed by atoms with E-state index in [9.17, 15) is 20.0 Å². The summed E-state index contributed by atoms with van der Waals surface area (Å²) in [5.74, 6) is 0.310. The van der Waals surface area contributed by atoms with E-state index in [0.717, 1.165) is 31.2 Å². The molecule has 1 fully saturated rings. The average Bonchev–Trinajstić information content (AvgIpc) is 2.59. The number of rotatable bonds is 5. The Labute approximate surface area is 135 Å². The summed E-state index contributed by atoms with van der Waals surface area (Å²) >= 11 is 0. The van der Waals surface area contributed by atoms with Crippen molar-refractivity contribution in [2.75, 3.05) is 13.7 Å². The molecule has 1 N–H and O–H groups in total. The smallest absolute Gasteiger partial charge is 0.410 e. The summed E-state index contributed by atoms with van der Waals surface area (Å²) in [5, 5.41) is 19.9. The van der Waals surface area contributed by atoms with E-state index in [2.05, 4.69) is 0 Å². The molecular formula is C16H22N2O5. The predicted octanol–water partition coefficient (Wildman–Crippen LogP) is 2.71. The maximum absolute atomic E-state index is 12.1. The number of carbonyl (C=O) groups excluding carboxylic acids is 1. The lowest BCUT2D eigenvalue weighted by Crippen LogP contribution is -2.42. The fourth-order valence-corrected chi connectivity index (χ4v) is 3.02. The zero-order chi connectivity index (χ0) is 16.8. The van der Waals surface area contributed by atoms with Crippen molar-refractivity contribution in [1.82, 2.24) is 4.90 Å². The van der Waals surface area contributed by atoms with Gasteiger partial charge in [-0.3, -0.25) is 10.1 Å². The molecule has 1 amide bonds. The van der Waals surface area contributed by atoms with Crippen molar-refractivity contribution in [3.8, 4) is 0 Å². The van der Waals surface area contributed by atoms with Gasteiger partial charge in [-0.15, -0.1) is 0 Å². The zero-order valence-corrected chi connectivity index (χ0v) is 13.2. The Morgan fingerprint density at radius 2 is 1.91 bits per heavy atom. The SMILES string of the molecule is COC(=O)N(Cc1ccc([N+](=O)[O-])cc1)C1CCC(CO)CC1. The minimum atomic E-state index is -0.446. The molecule has 1 aromatic carbocycles. The highest BCUT2D eigenvalue weighted by atomic mass is 16.6. The number of amides is 1. The lowest BCUT2D eigenvalue weighted by atomic mass is 9.86. The number of nitrogens with zero attached hydrogens (tertiary/aromatic N) is 2. The molecule has 1 aliphatic rings. The van der Waals surface area contributed by atoms with Gasteiger partial charge in [0.1, 0.15) is 0 Å². The molecule has 7 nitrogen and oxygen atoms in total. The van der Waals surface area contributed by atoms with Crippen molar-refractivity contribution >= 4 is 11.8 Å². The number of benzene rings is 1. The summed E-state index contributed by atoms with van der Waals surface area (Å²) in [6, 6.07) is 6.27. The van der Waals surface area contributed by atoms with Gasteiger partial charge in [0.25, 0.3) is 5.69 Å². The van der Waals surface area contributed by atoms with Crippen molar-refractivity contribution in [1.29, 1.82) is 0 Å². The minimum Gasteiger partial charge on any atom is -0.453 e. The summed E-state index contributed by atoms with van der Waals surface area (Å²) in [6.45, 7) is 0.548. The number of ether oxygens (including phenoxy) is 1. The van der Waals surface area contributed by atoms with E-state index < -0.39 is 11.0 Å². The standard InChI is InChI=1S/C16H22N2O5/c1-23-16(20)17(14-6-4-13(11-19)5-7-14)10-12-2-8-15(9-3-12)18(21)22/h2-3,8-9,13-14,19H,4-7,10-11H2,1H3. The van der Waals surface area contributed by atoms with Crippen LogP contribution in [0.2, 0.25) is 0 Å². The summed E-state index contributed by atoms with van der Waals surface area (Å²) < 4.78 is 4.88. The fourth-order valence-electron chi connectivity index (χ4n) is 3.02. The van der Waals surface area contributed by atoms with Crippen LogP contribution in [-0.4, -0.2) is 40.8 Å². The van der Waals surface area contributed by atoms with Crippen molar-refractivity contribution in [3.63, 3.8) is 0 Å². The van der Waals surface area contributed by atoms with Crippen LogP contribution in [0, 0.1) is 16.0 Å². The molecule has 0 heterocycles. The number of aliphatic hydroxyl groups is 1. The molecule has 0 unspecified atom stereocenters. The Morgan fingerprint density at radius 1 is 1.30 bits per heavy atom. The molecule has 126 valence electrons. The molecule has 1 saturated carbocycles. The lowest BCUT2D eigenvalue weighted by molar-refractivity contribution is -0.384. The maximum Gasteiger partial charge on any atom is 0.410 e. The van der Waals surface area contributed by atoms with Crippen LogP contribution in [0.5, 0.6) is 0 Å². The number of aliphatic hydroxyl groups excluding tert-OH is 1. The number of methoxy groups -OCH3 is 1. The topological polar surface area (TPSA) is 92.9 Å². The molecule has 0 radical (unpaired) electrons. The second kappa shape index (κ2) is 7.92. The molecule has 0 saturated heterocycles. The van der Waals surface area contributed by atoms with Crippen LogP contribution in [0.4, 0.5) is 10.5 Å². The number of non-ortho nitro benzene ring substituents is 1. The first-order chi connectivity index (χ1) is 11.0. The van der Waals surface area contributed by atoms with Crippen LogP contribution in [0.15, 0.2) is 24.3 Å². The summed E-state index contributed by atoms with van der Waals surface area (Å²) in [7, 11) is 1.35. The molecule has 0 bridgehead atoms. The largest absolute Gasteiger partial charge is 0.453 e.